The van der Waals surface area contributed by atoms with E-state index in [1.54, 1.807) is 11.3 Å². The van der Waals surface area contributed by atoms with Crippen LogP contribution in [-0.2, 0) is 19.4 Å². The number of fused-ring (bicyclic) bond motifs is 2. The smallest absolute Gasteiger partial charge is 0.254 e. The van der Waals surface area contributed by atoms with Crippen LogP contribution in [0.2, 0.25) is 0 Å². The van der Waals surface area contributed by atoms with Crippen LogP contribution >= 0.6 is 49.9 Å². The van der Waals surface area contributed by atoms with Crippen LogP contribution in [0, 0.1) is 3.57 Å². The van der Waals surface area contributed by atoms with Crippen molar-refractivity contribution in [1.29, 1.82) is 0 Å². The Balaban J connectivity index is 1.30. The Bertz CT molecular complexity index is 1570. The van der Waals surface area contributed by atoms with Crippen molar-refractivity contribution in [3.05, 3.63) is 89.8 Å². The molecule has 1 heterocycles. The van der Waals surface area contributed by atoms with Gasteiger partial charge in [-0.25, -0.2) is 4.99 Å². The van der Waals surface area contributed by atoms with Crippen LogP contribution in [0.15, 0.2) is 64.1 Å². The molecule has 1 fully saturated rings. The summed E-state index contributed by atoms with van der Waals surface area (Å²) in [6.07, 6.45) is 12.0. The van der Waals surface area contributed by atoms with Gasteiger partial charge in [0.05, 0.1) is 9.13 Å². The highest BCUT2D eigenvalue weighted by atomic mass is 127. The van der Waals surface area contributed by atoms with Crippen molar-refractivity contribution in [2.24, 2.45) is 4.99 Å². The molecule has 4 aromatic rings. The van der Waals surface area contributed by atoms with Gasteiger partial charge in [0.15, 0.2) is 0 Å². The zero-order valence-electron chi connectivity index (χ0n) is 22.3. The van der Waals surface area contributed by atoms with Crippen LogP contribution in [0.4, 0.5) is 5.00 Å². The first-order valence-electron chi connectivity index (χ1n) is 14.1. The number of halogens is 2. The minimum atomic E-state index is 0.0506. The van der Waals surface area contributed by atoms with E-state index in [-0.39, 0.29) is 11.9 Å². The highest BCUT2D eigenvalue weighted by Crippen LogP contribution is 2.40. The predicted octanol–water partition coefficient (Wildman–Crippen LogP) is 9.54. The van der Waals surface area contributed by atoms with Crippen molar-refractivity contribution in [3.63, 3.8) is 0 Å². The molecule has 0 bridgehead atoms. The molecule has 1 N–H and O–H groups in total. The van der Waals surface area contributed by atoms with Gasteiger partial charge in [-0.2, -0.15) is 0 Å². The van der Waals surface area contributed by atoms with Crippen molar-refractivity contribution in [1.82, 2.24) is 5.32 Å². The van der Waals surface area contributed by atoms with E-state index < -0.39 is 0 Å². The van der Waals surface area contributed by atoms with E-state index in [1.165, 1.54) is 46.9 Å². The van der Waals surface area contributed by atoms with Gasteiger partial charge in [-0.05, 0) is 95.1 Å². The van der Waals surface area contributed by atoms with Gasteiger partial charge in [0.2, 0.25) is 0 Å². The Morgan fingerprint density at radius 3 is 2.73 bits per heavy atom. The fourth-order valence-corrected chi connectivity index (χ4v) is 8.84. The summed E-state index contributed by atoms with van der Waals surface area (Å²) in [6, 6.07) is 19.1. The fraction of sp³-hybridized carbons (Fsp3) is 0.333. The maximum absolute atomic E-state index is 13.6. The molecule has 1 saturated carbocycles. The number of rotatable bonds is 7. The second-order valence-electron chi connectivity index (χ2n) is 10.7. The summed E-state index contributed by atoms with van der Waals surface area (Å²) in [5, 5.41) is 6.57. The lowest BCUT2D eigenvalue weighted by Crippen LogP contribution is -2.36. The number of aryl methyl sites for hydroxylation is 1. The number of nitrogens with zero attached hydrogens (tertiary/aromatic N) is 1. The Hall–Kier alpha value is -2.23. The number of benzene rings is 3. The van der Waals surface area contributed by atoms with E-state index in [9.17, 15) is 4.79 Å². The Morgan fingerprint density at radius 2 is 1.85 bits per heavy atom. The van der Waals surface area contributed by atoms with E-state index >= 15 is 0 Å². The summed E-state index contributed by atoms with van der Waals surface area (Å²) in [6.45, 7) is 0.460. The topological polar surface area (TPSA) is 50.7 Å². The van der Waals surface area contributed by atoms with Gasteiger partial charge in [0.25, 0.3) is 5.91 Å². The van der Waals surface area contributed by atoms with E-state index in [0.29, 0.717) is 6.61 Å². The Morgan fingerprint density at radius 1 is 1.05 bits per heavy atom. The highest BCUT2D eigenvalue weighted by Gasteiger charge is 2.27. The highest BCUT2D eigenvalue weighted by molar-refractivity contribution is 14.1. The molecule has 0 aliphatic heterocycles. The Kier molecular flexibility index (Phi) is 8.89. The quantitative estimate of drug-likeness (QED) is 0.152. The van der Waals surface area contributed by atoms with Crippen LogP contribution in [0.25, 0.3) is 10.8 Å². The van der Waals surface area contributed by atoms with Crippen LogP contribution in [-0.4, -0.2) is 18.2 Å². The third-order valence-corrected chi connectivity index (χ3v) is 10.4. The average Bonchev–Trinajstić information content (AvgIpc) is 3.34. The number of carbonyl (C=O) groups excluding carboxylic acids is 1. The predicted molar refractivity (Wildman–Crippen MR) is 178 cm³/mol. The van der Waals surface area contributed by atoms with Crippen LogP contribution in [0.3, 0.4) is 0 Å². The van der Waals surface area contributed by atoms with Crippen LogP contribution in [0.1, 0.15) is 76.9 Å². The maximum Gasteiger partial charge on any atom is 0.254 e. The van der Waals surface area contributed by atoms with Gasteiger partial charge < -0.3 is 10.1 Å². The molecule has 0 atom stereocenters. The standard InChI is InChI=1S/C33H32BrIN2O2S/c34-24-17-23(31(28(35)18-24)39-20-22-11-8-10-21-9-4-5-14-26(21)22)19-36-33-30(27-15-6-7-16-29(27)40-33)32(38)37-25-12-2-1-3-13-25/h4-5,8-11,14,17-19,25H,1-3,6-7,12-13,15-16,20H2,(H,37,38). The van der Waals surface area contributed by atoms with E-state index in [2.05, 4.69) is 92.4 Å². The molecule has 2 aliphatic rings. The SMILES string of the molecule is O=C(NC1CCCCC1)c1c(N=Cc2cc(Br)cc(I)c2OCc2cccc3ccccc23)sc2c1CCCC2. The first kappa shape index (κ1) is 27.9. The summed E-state index contributed by atoms with van der Waals surface area (Å²) < 4.78 is 8.45. The fourth-order valence-electron chi connectivity index (χ4n) is 5.91. The van der Waals surface area contributed by atoms with Crippen molar-refractivity contribution in [2.45, 2.75) is 70.4 Å². The zero-order chi connectivity index (χ0) is 27.5. The van der Waals surface area contributed by atoms with Crippen LogP contribution in [0.5, 0.6) is 5.75 Å². The summed E-state index contributed by atoms with van der Waals surface area (Å²) in [4.78, 5) is 19.9. The van der Waals surface area contributed by atoms with Crippen molar-refractivity contribution in [3.8, 4) is 5.75 Å². The number of nitrogens with one attached hydrogen (secondary N) is 1. The van der Waals surface area contributed by atoms with Gasteiger partial charge in [-0.3, -0.25) is 4.79 Å². The number of ether oxygens (including phenoxy) is 1. The molecule has 0 spiro atoms. The molecule has 1 amide bonds. The lowest BCUT2D eigenvalue weighted by molar-refractivity contribution is 0.0927. The molecule has 7 heteroatoms. The van der Waals surface area contributed by atoms with Crippen molar-refractivity contribution >= 4 is 77.8 Å². The van der Waals surface area contributed by atoms with Crippen LogP contribution < -0.4 is 10.1 Å². The average molecular weight is 728 g/mol. The molecule has 0 saturated heterocycles. The third-order valence-electron chi connectivity index (χ3n) is 7.93. The number of thiophene rings is 1. The third kappa shape index (κ3) is 6.16. The number of amides is 1. The number of aliphatic imine (C=N–C) groups is 1. The van der Waals surface area contributed by atoms with E-state index in [1.807, 2.05) is 12.3 Å². The number of hydrogen-bond donors (Lipinski definition) is 1. The molecule has 206 valence electrons. The van der Waals surface area contributed by atoms with Crippen molar-refractivity contribution < 1.29 is 9.53 Å². The second kappa shape index (κ2) is 12.7. The summed E-state index contributed by atoms with van der Waals surface area (Å²) in [7, 11) is 0. The van der Waals surface area contributed by atoms with E-state index in [0.717, 1.165) is 67.6 Å². The monoisotopic (exact) mass is 726 g/mol. The van der Waals surface area contributed by atoms with Gasteiger partial charge in [0.1, 0.15) is 17.4 Å². The molecule has 0 radical (unpaired) electrons. The first-order chi connectivity index (χ1) is 19.6. The van der Waals surface area contributed by atoms with Gasteiger partial charge in [-0.15, -0.1) is 11.3 Å². The largest absolute Gasteiger partial charge is 0.487 e. The molecule has 6 rings (SSSR count). The lowest BCUT2D eigenvalue weighted by atomic mass is 9.93. The molecule has 4 nitrogen and oxygen atoms in total. The lowest BCUT2D eigenvalue weighted by Gasteiger charge is -2.23. The van der Waals surface area contributed by atoms with E-state index in [4.69, 9.17) is 9.73 Å². The van der Waals surface area contributed by atoms with Gasteiger partial charge in [0, 0.05) is 27.2 Å². The van der Waals surface area contributed by atoms with Gasteiger partial charge >= 0.3 is 0 Å². The number of hydrogen-bond acceptors (Lipinski definition) is 4. The molecular formula is C33H32BrIN2O2S. The molecule has 3 aromatic carbocycles. The minimum Gasteiger partial charge on any atom is -0.487 e. The molecule has 1 aromatic heterocycles. The van der Waals surface area contributed by atoms with Crippen molar-refractivity contribution in [2.75, 3.05) is 0 Å². The number of carbonyl (C=O) groups is 1. The molecular weight excluding hydrogens is 695 g/mol. The maximum atomic E-state index is 13.6. The molecule has 0 unspecified atom stereocenters. The zero-order valence-corrected chi connectivity index (χ0v) is 26.9. The summed E-state index contributed by atoms with van der Waals surface area (Å²) in [5.74, 6) is 0.852. The molecule has 2 aliphatic carbocycles. The normalized spacial score (nSPS) is 15.8. The van der Waals surface area contributed by atoms with Gasteiger partial charge in [-0.1, -0.05) is 77.7 Å². The first-order valence-corrected chi connectivity index (χ1v) is 16.8. The summed E-state index contributed by atoms with van der Waals surface area (Å²) >= 11 is 7.67. The molecule has 40 heavy (non-hydrogen) atoms. The second-order valence-corrected chi connectivity index (χ2v) is 13.9. The summed E-state index contributed by atoms with van der Waals surface area (Å²) in [5.41, 5.74) is 4.05. The Labute approximate surface area is 261 Å². The minimum absolute atomic E-state index is 0.0506.